The number of benzene rings is 2. The molecule has 3 heterocycles. The smallest absolute Gasteiger partial charge is 0.216 e. The van der Waals surface area contributed by atoms with Crippen LogP contribution in [0.15, 0.2) is 66.2 Å². The summed E-state index contributed by atoms with van der Waals surface area (Å²) < 4.78 is 15.1. The van der Waals surface area contributed by atoms with Crippen LogP contribution in [0.2, 0.25) is 0 Å². The number of rotatable bonds is 4. The average Bonchev–Trinajstić information content (AvgIpc) is 3.38. The molecule has 0 bridgehead atoms. The van der Waals surface area contributed by atoms with Crippen LogP contribution < -0.4 is 9.47 Å². The highest BCUT2D eigenvalue weighted by atomic mass is 32.1. The molecule has 2 aromatic heterocycles. The summed E-state index contributed by atoms with van der Waals surface area (Å²) in [5, 5.41) is 15.8. The number of nitrogens with one attached hydrogen (secondary N) is 1. The number of nitrogens with zero attached hydrogens (tertiary/aromatic N) is 5. The third kappa shape index (κ3) is 3.43. The van der Waals surface area contributed by atoms with Gasteiger partial charge >= 0.3 is 0 Å². The number of para-hydroxylation sites is 1. The van der Waals surface area contributed by atoms with Crippen LogP contribution in [-0.2, 0) is 0 Å². The van der Waals surface area contributed by atoms with E-state index >= 15 is 0 Å². The zero-order valence-corrected chi connectivity index (χ0v) is 16.0. The van der Waals surface area contributed by atoms with E-state index in [0.29, 0.717) is 23.7 Å². The second-order valence-electron chi connectivity index (χ2n) is 6.32. The summed E-state index contributed by atoms with van der Waals surface area (Å²) in [5.41, 5.74) is 3.45. The van der Waals surface area contributed by atoms with Crippen LogP contribution in [0.1, 0.15) is 5.56 Å². The van der Waals surface area contributed by atoms with Crippen molar-refractivity contribution in [3.05, 3.63) is 71.4 Å². The summed E-state index contributed by atoms with van der Waals surface area (Å²) in [7, 11) is 0. The molecule has 8 nitrogen and oxygen atoms in total. The van der Waals surface area contributed by atoms with E-state index in [2.05, 4.69) is 15.3 Å². The maximum absolute atomic E-state index is 5.73. The van der Waals surface area contributed by atoms with E-state index in [9.17, 15) is 0 Å². The first-order chi connectivity index (χ1) is 14.3. The van der Waals surface area contributed by atoms with Gasteiger partial charge in [0.1, 0.15) is 25.2 Å². The van der Waals surface area contributed by atoms with Gasteiger partial charge in [0.05, 0.1) is 11.9 Å². The maximum atomic E-state index is 5.73. The molecule has 0 aliphatic carbocycles. The SMILES string of the molecule is S=c1[nH]ncn1/N=C\c1cn(-c2ccccc2)nc1-c1ccc2c(c1)OCCO2. The lowest BCUT2D eigenvalue weighted by molar-refractivity contribution is 0.171. The third-order valence-corrected chi connectivity index (χ3v) is 4.71. The van der Waals surface area contributed by atoms with Gasteiger partial charge < -0.3 is 9.47 Å². The summed E-state index contributed by atoms with van der Waals surface area (Å²) in [4.78, 5) is 0. The van der Waals surface area contributed by atoms with Gasteiger partial charge in [-0.15, -0.1) is 0 Å². The van der Waals surface area contributed by atoms with Crippen LogP contribution in [0.25, 0.3) is 16.9 Å². The molecule has 29 heavy (non-hydrogen) atoms. The minimum absolute atomic E-state index is 0.414. The van der Waals surface area contributed by atoms with Crippen molar-refractivity contribution in [3.8, 4) is 28.4 Å². The zero-order valence-electron chi connectivity index (χ0n) is 15.2. The Bertz CT molecular complexity index is 1240. The Morgan fingerprint density at radius 1 is 1.07 bits per heavy atom. The fraction of sp³-hybridized carbons (Fsp3) is 0.100. The maximum Gasteiger partial charge on any atom is 0.216 e. The standard InChI is InChI=1S/C20H16N6O2S/c29-20-23-21-13-26(20)22-11-15-12-25(16-4-2-1-3-5-16)24-19(15)14-6-7-17-18(10-14)28-9-8-27-17/h1-7,10-13H,8-9H2,(H,23,29)/b22-11-. The van der Waals surface area contributed by atoms with E-state index in [1.807, 2.05) is 59.4 Å². The van der Waals surface area contributed by atoms with Crippen LogP contribution in [0, 0.1) is 4.77 Å². The number of hydrogen-bond donors (Lipinski definition) is 1. The minimum atomic E-state index is 0.414. The molecular formula is C20H16N6O2S. The van der Waals surface area contributed by atoms with E-state index in [1.54, 1.807) is 6.21 Å². The number of aromatic amines is 1. The molecule has 9 heteroatoms. The van der Waals surface area contributed by atoms with Crippen LogP contribution in [0.4, 0.5) is 0 Å². The summed E-state index contributed by atoms with van der Waals surface area (Å²) >= 11 is 5.16. The largest absolute Gasteiger partial charge is 0.486 e. The number of ether oxygens (including phenoxy) is 2. The quantitative estimate of drug-likeness (QED) is 0.416. The Morgan fingerprint density at radius 2 is 1.90 bits per heavy atom. The highest BCUT2D eigenvalue weighted by Gasteiger charge is 2.16. The van der Waals surface area contributed by atoms with E-state index < -0.39 is 0 Å². The second-order valence-corrected chi connectivity index (χ2v) is 6.71. The van der Waals surface area contributed by atoms with Gasteiger partial charge in [0.25, 0.3) is 0 Å². The summed E-state index contributed by atoms with van der Waals surface area (Å²) in [6.07, 6.45) is 5.16. The zero-order chi connectivity index (χ0) is 19.6. The van der Waals surface area contributed by atoms with Crippen molar-refractivity contribution >= 4 is 18.4 Å². The number of aromatic nitrogens is 5. The van der Waals surface area contributed by atoms with Gasteiger partial charge in [0, 0.05) is 17.3 Å². The van der Waals surface area contributed by atoms with E-state index in [-0.39, 0.29) is 0 Å². The predicted octanol–water partition coefficient (Wildman–Crippen LogP) is 3.45. The molecule has 2 aromatic carbocycles. The van der Waals surface area contributed by atoms with Crippen LogP contribution in [0.5, 0.6) is 11.5 Å². The fourth-order valence-corrected chi connectivity index (χ4v) is 3.21. The summed E-state index contributed by atoms with van der Waals surface area (Å²) in [6, 6.07) is 15.7. The Hall–Kier alpha value is -3.72. The van der Waals surface area contributed by atoms with Crippen molar-refractivity contribution in [1.29, 1.82) is 0 Å². The van der Waals surface area contributed by atoms with Gasteiger partial charge in [-0.2, -0.15) is 20.0 Å². The molecule has 0 saturated heterocycles. The molecule has 0 saturated carbocycles. The van der Waals surface area contributed by atoms with Gasteiger partial charge in [-0.25, -0.2) is 4.68 Å². The van der Waals surface area contributed by atoms with Crippen molar-refractivity contribution in [2.75, 3.05) is 13.2 Å². The average molecular weight is 404 g/mol. The summed E-state index contributed by atoms with van der Waals surface area (Å²) in [5.74, 6) is 1.45. The first-order valence-corrected chi connectivity index (χ1v) is 9.40. The lowest BCUT2D eigenvalue weighted by Gasteiger charge is -2.18. The van der Waals surface area contributed by atoms with Gasteiger partial charge in [-0.05, 0) is 42.5 Å². The highest BCUT2D eigenvalue weighted by molar-refractivity contribution is 7.71. The Labute approximate surface area is 171 Å². The van der Waals surface area contributed by atoms with Gasteiger partial charge in [0.15, 0.2) is 11.5 Å². The normalized spacial score (nSPS) is 13.1. The predicted molar refractivity (Wildman–Crippen MR) is 110 cm³/mol. The van der Waals surface area contributed by atoms with Crippen molar-refractivity contribution in [3.63, 3.8) is 0 Å². The molecule has 0 spiro atoms. The number of H-pyrrole nitrogens is 1. The number of hydrogen-bond acceptors (Lipinski definition) is 6. The lowest BCUT2D eigenvalue weighted by Crippen LogP contribution is -2.15. The molecule has 5 rings (SSSR count). The van der Waals surface area contributed by atoms with Gasteiger partial charge in [-0.1, -0.05) is 18.2 Å². The number of fused-ring (bicyclic) bond motifs is 1. The second kappa shape index (κ2) is 7.36. The van der Waals surface area contributed by atoms with Gasteiger partial charge in [0.2, 0.25) is 4.77 Å². The Kier molecular flexibility index (Phi) is 4.41. The van der Waals surface area contributed by atoms with Crippen LogP contribution >= 0.6 is 12.2 Å². The minimum Gasteiger partial charge on any atom is -0.486 e. The third-order valence-electron chi connectivity index (χ3n) is 4.44. The Balaban J connectivity index is 1.61. The van der Waals surface area contributed by atoms with Crippen molar-refractivity contribution in [2.45, 2.75) is 0 Å². The van der Waals surface area contributed by atoms with Crippen LogP contribution in [0.3, 0.4) is 0 Å². The van der Waals surface area contributed by atoms with E-state index in [1.165, 1.54) is 11.0 Å². The molecule has 4 aromatic rings. The van der Waals surface area contributed by atoms with Crippen molar-refractivity contribution in [1.82, 2.24) is 24.7 Å². The molecule has 1 N–H and O–H groups in total. The summed E-state index contributed by atoms with van der Waals surface area (Å²) in [6.45, 7) is 1.08. The molecule has 1 aliphatic rings. The lowest BCUT2D eigenvalue weighted by atomic mass is 10.1. The molecule has 0 fully saturated rings. The topological polar surface area (TPSA) is 82.2 Å². The molecular weight excluding hydrogens is 388 g/mol. The molecule has 0 unspecified atom stereocenters. The van der Waals surface area contributed by atoms with Gasteiger partial charge in [-0.3, -0.25) is 5.10 Å². The van der Waals surface area contributed by atoms with Crippen molar-refractivity contribution < 1.29 is 9.47 Å². The molecule has 1 aliphatic heterocycles. The fourth-order valence-electron chi connectivity index (χ4n) is 3.06. The first kappa shape index (κ1) is 17.4. The molecule has 0 atom stereocenters. The van der Waals surface area contributed by atoms with Crippen molar-refractivity contribution in [2.24, 2.45) is 5.10 Å². The van der Waals surface area contributed by atoms with E-state index in [4.69, 9.17) is 26.8 Å². The monoisotopic (exact) mass is 404 g/mol. The molecule has 0 radical (unpaired) electrons. The molecule has 144 valence electrons. The first-order valence-electron chi connectivity index (χ1n) is 8.99. The van der Waals surface area contributed by atoms with Crippen LogP contribution in [-0.4, -0.2) is 44.1 Å². The highest BCUT2D eigenvalue weighted by Crippen LogP contribution is 2.35. The molecule has 0 amide bonds. The van der Waals surface area contributed by atoms with E-state index in [0.717, 1.165) is 28.3 Å². The Morgan fingerprint density at radius 3 is 2.69 bits per heavy atom.